The van der Waals surface area contributed by atoms with Crippen molar-refractivity contribution in [3.63, 3.8) is 0 Å². The fraction of sp³-hybridized carbons (Fsp3) is 0.370. The van der Waals surface area contributed by atoms with Gasteiger partial charge in [-0.3, -0.25) is 0 Å². The summed E-state index contributed by atoms with van der Waals surface area (Å²) in [7, 11) is 0. The first-order chi connectivity index (χ1) is 28.8. The van der Waals surface area contributed by atoms with Crippen LogP contribution in [0.3, 0.4) is 0 Å². The number of hydrogen-bond acceptors (Lipinski definition) is 4. The Balaban J connectivity index is 0.940. The second kappa shape index (κ2) is 13.1. The molecule has 0 saturated heterocycles. The molecular weight excluding hydrogens is 709 g/mol. The molecule has 2 aromatic heterocycles. The number of aryl methyl sites for hydroxylation is 3. The second-order valence-electron chi connectivity index (χ2n) is 18.3. The minimum Gasteiger partial charge on any atom is -0.465 e. The van der Waals surface area contributed by atoms with E-state index < -0.39 is 0 Å². The third-order valence-electron chi connectivity index (χ3n) is 15.3. The number of rotatable bonds is 4. The Morgan fingerprint density at radius 1 is 0.638 bits per heavy atom. The third-order valence-corrected chi connectivity index (χ3v) is 15.3. The Kier molecular flexibility index (Phi) is 7.64. The molecule has 4 heterocycles. The first-order valence-electron chi connectivity index (χ1n) is 22.6. The van der Waals surface area contributed by atoms with E-state index in [0.29, 0.717) is 30.0 Å². The summed E-state index contributed by atoms with van der Waals surface area (Å²) in [5.41, 5.74) is 17.4. The van der Waals surface area contributed by atoms with Gasteiger partial charge < -0.3 is 18.6 Å². The summed E-state index contributed by atoms with van der Waals surface area (Å²) < 4.78 is 13.9. The fourth-order valence-electron chi connectivity index (χ4n) is 12.8. The van der Waals surface area contributed by atoms with Crippen molar-refractivity contribution in [1.29, 1.82) is 0 Å². The predicted octanol–water partition coefficient (Wildman–Crippen LogP) is 12.6. The molecule has 0 fully saturated rings. The van der Waals surface area contributed by atoms with Crippen molar-refractivity contribution in [2.75, 3.05) is 0 Å². The summed E-state index contributed by atoms with van der Waals surface area (Å²) >= 11 is 0. The summed E-state index contributed by atoms with van der Waals surface area (Å²) in [6, 6.07) is 1.29. The van der Waals surface area contributed by atoms with Gasteiger partial charge in [-0.1, -0.05) is 91.1 Å². The van der Waals surface area contributed by atoms with E-state index in [9.17, 15) is 0 Å². The van der Waals surface area contributed by atoms with Gasteiger partial charge in [0.1, 0.15) is 23.0 Å². The van der Waals surface area contributed by atoms with Gasteiger partial charge in [-0.05, 0) is 117 Å². The maximum Gasteiger partial charge on any atom is 0.119 e. The summed E-state index contributed by atoms with van der Waals surface area (Å²) in [6.07, 6.45) is 59.0. The minimum atomic E-state index is 0.172. The standard InChI is InChI=1S/C54H52N2O2/c1-3-13-36(14-4-1)55-45-20-10-7-17-38(45)42-29-33(23-25-47(42)55)35-31-41(54-44(32-35)53-51(58-54)28-27-50-52(53)40-19-9-12-22-49(40)57-50)34-24-26-48-43(30-34)39-18-8-11-21-46(39)56(48)37-15-5-2-6-16-37/h2-3,5-7,9,11,13-15,17,19,21,24,26,29-30,32,37-38,41,43,45,48H,1,4,8,10,12,16,18,20,22-23,25,27-28,31H2. The van der Waals surface area contributed by atoms with E-state index in [-0.39, 0.29) is 5.92 Å². The largest absolute Gasteiger partial charge is 0.465 e. The zero-order chi connectivity index (χ0) is 37.9. The quantitative estimate of drug-likeness (QED) is 0.291. The van der Waals surface area contributed by atoms with E-state index in [2.05, 4.69) is 119 Å². The molecular formula is C54H52N2O2. The van der Waals surface area contributed by atoms with Crippen LogP contribution in [0.4, 0.5) is 0 Å². The van der Waals surface area contributed by atoms with Crippen molar-refractivity contribution in [3.8, 4) is 11.1 Å². The number of allylic oxidation sites excluding steroid dienone is 15. The molecule has 9 aliphatic carbocycles. The average molecular weight is 761 g/mol. The molecule has 4 heteroatoms. The second-order valence-corrected chi connectivity index (χ2v) is 18.3. The predicted molar refractivity (Wildman–Crippen MR) is 233 cm³/mol. The van der Waals surface area contributed by atoms with Crippen molar-refractivity contribution in [3.05, 3.63) is 176 Å². The smallest absolute Gasteiger partial charge is 0.119 e. The topological polar surface area (TPSA) is 32.8 Å². The zero-order valence-corrected chi connectivity index (χ0v) is 33.5. The summed E-state index contributed by atoms with van der Waals surface area (Å²) in [6.45, 7) is 0. The molecule has 2 aliphatic heterocycles. The monoisotopic (exact) mass is 760 g/mol. The van der Waals surface area contributed by atoms with E-state index in [1.807, 2.05) is 0 Å². The Labute approximate surface area is 342 Å². The van der Waals surface area contributed by atoms with Crippen LogP contribution < -0.4 is 0 Å². The SMILES string of the molecule is C1=CCC(N2C3=C(CCC=C3)C3C=C(C4CC(C5=CC6=C(CC5)N(C5=CCCC=C5)C5CCC=CC65)=Cc5c4oc4c5-c5c(oc6c5C=CCC6)CC4)C=CC32)C=C1. The summed E-state index contributed by atoms with van der Waals surface area (Å²) in [4.78, 5) is 5.49. The first kappa shape index (κ1) is 33.7. The average Bonchev–Trinajstić information content (AvgIpc) is 4.04. The van der Waals surface area contributed by atoms with Gasteiger partial charge in [-0.15, -0.1) is 0 Å². The molecule has 0 aromatic carbocycles. The summed E-state index contributed by atoms with van der Waals surface area (Å²) in [5, 5.41) is 0. The number of fused-ring (bicyclic) bond motifs is 11. The van der Waals surface area contributed by atoms with Gasteiger partial charge >= 0.3 is 0 Å². The number of nitrogens with zero attached hydrogens (tertiary/aromatic N) is 2. The van der Waals surface area contributed by atoms with Crippen LogP contribution in [-0.2, 0) is 19.3 Å². The molecule has 4 nitrogen and oxygen atoms in total. The van der Waals surface area contributed by atoms with Crippen molar-refractivity contribution < 1.29 is 8.83 Å². The van der Waals surface area contributed by atoms with Gasteiger partial charge in [-0.25, -0.2) is 0 Å². The van der Waals surface area contributed by atoms with E-state index in [1.165, 1.54) is 69.0 Å². The molecule has 290 valence electrons. The molecule has 58 heavy (non-hydrogen) atoms. The Hall–Kier alpha value is -5.22. The van der Waals surface area contributed by atoms with Gasteiger partial charge in [0.2, 0.25) is 0 Å². The fourth-order valence-corrected chi connectivity index (χ4v) is 12.8. The molecule has 11 aliphatic rings. The molecule has 13 rings (SSSR count). The van der Waals surface area contributed by atoms with Crippen LogP contribution in [0.15, 0.2) is 151 Å². The van der Waals surface area contributed by atoms with E-state index in [1.54, 1.807) is 16.8 Å². The molecule has 2 aromatic rings. The van der Waals surface area contributed by atoms with Gasteiger partial charge in [0.25, 0.3) is 0 Å². The highest BCUT2D eigenvalue weighted by molar-refractivity contribution is 5.89. The van der Waals surface area contributed by atoms with Crippen molar-refractivity contribution in [1.82, 2.24) is 9.80 Å². The van der Waals surface area contributed by atoms with Crippen LogP contribution in [0, 0.1) is 11.8 Å². The van der Waals surface area contributed by atoms with Crippen LogP contribution in [0.5, 0.6) is 0 Å². The van der Waals surface area contributed by atoms with Crippen molar-refractivity contribution >= 4 is 12.2 Å². The van der Waals surface area contributed by atoms with E-state index >= 15 is 0 Å². The molecule has 6 atom stereocenters. The molecule has 0 N–H and O–H groups in total. The minimum absolute atomic E-state index is 0.172. The molecule has 0 amide bonds. The van der Waals surface area contributed by atoms with Crippen LogP contribution in [0.1, 0.15) is 111 Å². The van der Waals surface area contributed by atoms with Crippen molar-refractivity contribution in [2.24, 2.45) is 11.8 Å². The summed E-state index contributed by atoms with van der Waals surface area (Å²) in [5.74, 6) is 5.68. The number of hydrogen-bond donors (Lipinski definition) is 0. The lowest BCUT2D eigenvalue weighted by molar-refractivity contribution is 0.256. The highest BCUT2D eigenvalue weighted by atomic mass is 16.4. The third kappa shape index (κ3) is 4.99. The highest BCUT2D eigenvalue weighted by Crippen LogP contribution is 2.55. The normalized spacial score (nSPS) is 30.9. The molecule has 0 radical (unpaired) electrons. The van der Waals surface area contributed by atoms with Gasteiger partial charge in [0.15, 0.2) is 0 Å². The van der Waals surface area contributed by atoms with Crippen LogP contribution in [-0.4, -0.2) is 27.9 Å². The van der Waals surface area contributed by atoms with Gasteiger partial charge in [-0.2, -0.15) is 0 Å². The van der Waals surface area contributed by atoms with E-state index in [4.69, 9.17) is 8.83 Å². The molecule has 0 saturated carbocycles. The first-order valence-corrected chi connectivity index (χ1v) is 22.6. The van der Waals surface area contributed by atoms with Crippen molar-refractivity contribution in [2.45, 2.75) is 114 Å². The zero-order valence-electron chi connectivity index (χ0n) is 33.5. The lowest BCUT2D eigenvalue weighted by Gasteiger charge is -2.37. The van der Waals surface area contributed by atoms with Gasteiger partial charge in [0.05, 0.1) is 12.1 Å². The molecule has 0 spiro atoms. The van der Waals surface area contributed by atoms with Gasteiger partial charge in [0, 0.05) is 82.4 Å². The Morgan fingerprint density at radius 2 is 1.53 bits per heavy atom. The van der Waals surface area contributed by atoms with Crippen LogP contribution >= 0.6 is 0 Å². The van der Waals surface area contributed by atoms with Crippen LogP contribution in [0.2, 0.25) is 0 Å². The lowest BCUT2D eigenvalue weighted by atomic mass is 9.73. The lowest BCUT2D eigenvalue weighted by Crippen LogP contribution is -2.40. The highest BCUT2D eigenvalue weighted by Gasteiger charge is 2.45. The molecule has 6 unspecified atom stereocenters. The van der Waals surface area contributed by atoms with E-state index in [0.717, 1.165) is 94.3 Å². The Morgan fingerprint density at radius 3 is 2.45 bits per heavy atom. The molecule has 0 bridgehead atoms. The maximum absolute atomic E-state index is 7.21. The number of furan rings is 2. The maximum atomic E-state index is 7.21. The Bertz CT molecular complexity index is 2570. The van der Waals surface area contributed by atoms with Crippen LogP contribution in [0.25, 0.3) is 23.3 Å².